The van der Waals surface area contributed by atoms with Gasteiger partial charge in [0.25, 0.3) is 0 Å². The fourth-order valence-corrected chi connectivity index (χ4v) is 3.28. The van der Waals surface area contributed by atoms with Crippen molar-refractivity contribution >= 4 is 58.1 Å². The minimum Gasteiger partial charge on any atom is -0.444 e. The summed E-state index contributed by atoms with van der Waals surface area (Å²) >= 11 is 15.0. The normalized spacial score (nSPS) is 16.9. The number of ether oxygens (including phenoxy) is 2. The van der Waals surface area contributed by atoms with Crippen molar-refractivity contribution in [2.75, 3.05) is 37.9 Å². The summed E-state index contributed by atoms with van der Waals surface area (Å²) < 4.78 is 10.6. The molecule has 0 aliphatic carbocycles. The molecule has 0 spiro atoms. The summed E-state index contributed by atoms with van der Waals surface area (Å²) in [5.74, 6) is -0.277. The van der Waals surface area contributed by atoms with Crippen molar-refractivity contribution in [3.05, 3.63) is 0 Å². The number of nitrogens with zero attached hydrogens (tertiary/aromatic N) is 2. The van der Waals surface area contributed by atoms with E-state index in [-0.39, 0.29) is 41.9 Å². The van der Waals surface area contributed by atoms with E-state index in [0.717, 1.165) is 38.8 Å². The molecular weight excluding hydrogens is 547 g/mol. The van der Waals surface area contributed by atoms with Gasteiger partial charge in [0, 0.05) is 38.3 Å². The summed E-state index contributed by atoms with van der Waals surface area (Å²) in [5.41, 5.74) is 4.87. The van der Waals surface area contributed by atoms with Gasteiger partial charge in [-0.05, 0) is 78.8 Å². The molecule has 37 heavy (non-hydrogen) atoms. The zero-order valence-electron chi connectivity index (χ0n) is 22.8. The van der Waals surface area contributed by atoms with E-state index >= 15 is 0 Å². The molecule has 0 radical (unpaired) electrons. The molecule has 2 heterocycles. The monoisotopic (exact) mass is 588 g/mol. The summed E-state index contributed by atoms with van der Waals surface area (Å²) in [6.45, 7) is 13.8. The molecule has 2 rings (SSSR count). The summed E-state index contributed by atoms with van der Waals surface area (Å²) in [7, 11) is 0. The fraction of sp³-hybridized carbons (Fsp3) is 0.833. The van der Waals surface area contributed by atoms with Gasteiger partial charge in [-0.25, -0.2) is 9.59 Å². The van der Waals surface area contributed by atoms with E-state index in [1.807, 2.05) is 41.5 Å². The lowest BCUT2D eigenvalue weighted by Crippen LogP contribution is -2.48. The maximum absolute atomic E-state index is 11.8. The average molecular weight is 590 g/mol. The van der Waals surface area contributed by atoms with E-state index in [1.54, 1.807) is 9.80 Å². The lowest BCUT2D eigenvalue weighted by molar-refractivity contribution is -0.119. The number of alkyl halides is 2. The quantitative estimate of drug-likeness (QED) is 0.375. The highest BCUT2D eigenvalue weighted by Crippen LogP contribution is 2.16. The summed E-state index contributed by atoms with van der Waals surface area (Å²) in [5, 5.41) is 2.32. The van der Waals surface area contributed by atoms with Crippen molar-refractivity contribution in [1.82, 2.24) is 15.1 Å². The number of hydrogen-bond donors (Lipinski definition) is 2. The molecule has 0 unspecified atom stereocenters. The smallest absolute Gasteiger partial charge is 0.410 e. The first-order chi connectivity index (χ1) is 17.0. The first-order valence-corrected chi connectivity index (χ1v) is 13.7. The average Bonchev–Trinajstić information content (AvgIpc) is 2.78. The molecule has 216 valence electrons. The molecule has 0 aromatic rings. The van der Waals surface area contributed by atoms with Crippen LogP contribution in [-0.2, 0) is 19.1 Å². The van der Waals surface area contributed by atoms with Crippen LogP contribution in [0, 0.1) is 0 Å². The van der Waals surface area contributed by atoms with E-state index in [2.05, 4.69) is 5.32 Å². The first kappa shape index (κ1) is 35.5. The molecule has 0 aromatic heterocycles. The highest BCUT2D eigenvalue weighted by Gasteiger charge is 2.27. The Kier molecular flexibility index (Phi) is 16.5. The van der Waals surface area contributed by atoms with E-state index in [1.165, 1.54) is 0 Å². The van der Waals surface area contributed by atoms with E-state index in [9.17, 15) is 19.2 Å². The third-order valence-corrected chi connectivity index (χ3v) is 5.69. The maximum atomic E-state index is 11.8. The van der Waals surface area contributed by atoms with Crippen LogP contribution in [0.15, 0.2) is 0 Å². The second-order valence-electron chi connectivity index (χ2n) is 10.7. The molecule has 0 bridgehead atoms. The molecule has 0 saturated carbocycles. The minimum atomic E-state index is -0.508. The van der Waals surface area contributed by atoms with Gasteiger partial charge in [-0.3, -0.25) is 9.59 Å². The highest BCUT2D eigenvalue weighted by molar-refractivity contribution is 6.67. The first-order valence-electron chi connectivity index (χ1n) is 12.3. The van der Waals surface area contributed by atoms with Gasteiger partial charge in [0.15, 0.2) is 0 Å². The Hall–Kier alpha value is -1.49. The number of amides is 3. The van der Waals surface area contributed by atoms with E-state index in [4.69, 9.17) is 50.0 Å². The molecule has 3 amide bonds. The number of hydrogen-bond acceptors (Lipinski definition) is 7. The molecule has 2 saturated heterocycles. The molecule has 2 aliphatic rings. The Morgan fingerprint density at radius 3 is 1.43 bits per heavy atom. The predicted octanol–water partition coefficient (Wildman–Crippen LogP) is 4.08. The zero-order chi connectivity index (χ0) is 28.8. The summed E-state index contributed by atoms with van der Waals surface area (Å²) in [4.78, 5) is 47.4. The lowest BCUT2D eigenvalue weighted by Gasteiger charge is -2.33. The Morgan fingerprint density at radius 2 is 1.14 bits per heavy atom. The number of likely N-dealkylation sites (tertiary alicyclic amines) is 2. The topological polar surface area (TPSA) is 131 Å². The van der Waals surface area contributed by atoms with Gasteiger partial charge in [-0.1, -0.05) is 0 Å². The Labute approximate surface area is 235 Å². The number of rotatable bonds is 3. The molecule has 2 aliphatic heterocycles. The van der Waals surface area contributed by atoms with Crippen LogP contribution >= 0.6 is 34.8 Å². The molecule has 0 aromatic carbocycles. The molecule has 0 atom stereocenters. The number of nitrogens with one attached hydrogen (secondary N) is 1. The number of nitrogens with two attached hydrogens (primary N) is 1. The van der Waals surface area contributed by atoms with Crippen LogP contribution in [0.4, 0.5) is 9.59 Å². The number of carbonyl (C=O) groups is 4. The number of piperidine rings is 2. The number of carbonyl (C=O) groups excluding carboxylic acids is 4. The maximum Gasteiger partial charge on any atom is 0.410 e. The van der Waals surface area contributed by atoms with Gasteiger partial charge < -0.3 is 30.3 Å². The SMILES string of the molecule is CC(C)(C)OC(=O)N1CCC(N)CC1.CC(C)(C)OC(=O)N1CCC(NC(=O)CCl)CC1.O=C(Cl)CCl. The van der Waals surface area contributed by atoms with Gasteiger partial charge in [0.2, 0.25) is 11.1 Å². The molecule has 10 nitrogen and oxygen atoms in total. The summed E-state index contributed by atoms with van der Waals surface area (Å²) in [6.07, 6.45) is 2.72. The van der Waals surface area contributed by atoms with Crippen molar-refractivity contribution in [3.63, 3.8) is 0 Å². The second-order valence-corrected chi connectivity index (χ2v) is 11.7. The number of halogens is 3. The summed E-state index contributed by atoms with van der Waals surface area (Å²) in [6, 6.07) is 0.351. The third kappa shape index (κ3) is 18.4. The van der Waals surface area contributed by atoms with Gasteiger partial charge in [0.05, 0.1) is 5.88 Å². The van der Waals surface area contributed by atoms with Gasteiger partial charge >= 0.3 is 12.2 Å². The highest BCUT2D eigenvalue weighted by atomic mass is 35.5. The van der Waals surface area contributed by atoms with Gasteiger partial charge in [0.1, 0.15) is 17.1 Å². The molecule has 13 heteroatoms. The lowest BCUT2D eigenvalue weighted by atomic mass is 10.1. The van der Waals surface area contributed by atoms with Crippen LogP contribution in [0.5, 0.6) is 0 Å². The van der Waals surface area contributed by atoms with Crippen molar-refractivity contribution in [2.24, 2.45) is 5.73 Å². The standard InChI is InChI=1S/C12H21ClN2O3.C10H20N2O2.C2H2Cl2O/c1-12(2,3)18-11(17)15-6-4-9(5-7-15)14-10(16)8-13;1-10(2,3)14-9(13)12-6-4-8(11)5-7-12;3-1-2(4)5/h9H,4-8H2,1-3H3,(H,14,16);8H,4-7,11H2,1-3H3;1H2. The van der Waals surface area contributed by atoms with Crippen LogP contribution in [-0.4, -0.2) is 94.4 Å². The van der Waals surface area contributed by atoms with Crippen LogP contribution in [0.2, 0.25) is 0 Å². The van der Waals surface area contributed by atoms with Crippen LogP contribution < -0.4 is 11.1 Å². The minimum absolute atomic E-state index is 0.0215. The zero-order valence-corrected chi connectivity index (χ0v) is 25.0. The molecular formula is C24H43Cl3N4O6. The Morgan fingerprint density at radius 1 is 0.784 bits per heavy atom. The van der Waals surface area contributed by atoms with E-state index < -0.39 is 16.4 Å². The van der Waals surface area contributed by atoms with Crippen molar-refractivity contribution < 1.29 is 28.7 Å². The predicted molar refractivity (Wildman–Crippen MR) is 146 cm³/mol. The fourth-order valence-electron chi connectivity index (χ4n) is 3.21. The molecule has 2 fully saturated rings. The van der Waals surface area contributed by atoms with Crippen molar-refractivity contribution in [1.29, 1.82) is 0 Å². The van der Waals surface area contributed by atoms with Gasteiger partial charge in [-0.15, -0.1) is 23.2 Å². The largest absolute Gasteiger partial charge is 0.444 e. The van der Waals surface area contributed by atoms with Crippen LogP contribution in [0.3, 0.4) is 0 Å². The second kappa shape index (κ2) is 17.2. The van der Waals surface area contributed by atoms with Gasteiger partial charge in [-0.2, -0.15) is 0 Å². The van der Waals surface area contributed by atoms with Crippen molar-refractivity contribution in [3.8, 4) is 0 Å². The Balaban J connectivity index is 0.000000605. The third-order valence-electron chi connectivity index (χ3n) is 4.93. The molecule has 3 N–H and O–H groups in total. The van der Waals surface area contributed by atoms with Crippen LogP contribution in [0.1, 0.15) is 67.2 Å². The van der Waals surface area contributed by atoms with Crippen molar-refractivity contribution in [2.45, 2.75) is 90.5 Å². The van der Waals surface area contributed by atoms with Crippen LogP contribution in [0.25, 0.3) is 0 Å². The Bertz CT molecular complexity index is 727. The van der Waals surface area contributed by atoms with E-state index in [0.29, 0.717) is 13.1 Å².